The highest BCUT2D eigenvalue weighted by molar-refractivity contribution is 5.96. The van der Waals surface area contributed by atoms with Crippen LogP contribution in [0.4, 0.5) is 26.8 Å². The van der Waals surface area contributed by atoms with Gasteiger partial charge in [0, 0.05) is 81.4 Å². The highest BCUT2D eigenvalue weighted by atomic mass is 16.2. The van der Waals surface area contributed by atoms with E-state index in [9.17, 15) is 9.59 Å². The molecule has 10 nitrogen and oxygen atoms in total. The number of nitrogens with zero attached hydrogens (tertiary/aromatic N) is 6. The lowest BCUT2D eigenvalue weighted by molar-refractivity contribution is 0.164. The van der Waals surface area contributed by atoms with Crippen molar-refractivity contribution >= 4 is 40.2 Å². The Balaban J connectivity index is 1.22. The van der Waals surface area contributed by atoms with Gasteiger partial charge in [-0.15, -0.1) is 0 Å². The zero-order valence-electron chi connectivity index (χ0n) is 24.1. The molecule has 0 bridgehead atoms. The Morgan fingerprint density at radius 3 is 2.48 bits per heavy atom. The summed E-state index contributed by atoms with van der Waals surface area (Å²) < 4.78 is 1.72. The number of rotatable bonds is 6. The SMILES string of the molecule is CCN(c1ncccc1NC(C)C)C1CCN(C(=O)n2ccc3cc(NC(=O)N4CCN(C)CC4)ccc32)CC1. The maximum absolute atomic E-state index is 13.5. The van der Waals surface area contributed by atoms with Crippen LogP contribution in [0.2, 0.25) is 0 Å². The lowest BCUT2D eigenvalue weighted by Crippen LogP contribution is -2.48. The summed E-state index contributed by atoms with van der Waals surface area (Å²) in [4.78, 5) is 39.3. The van der Waals surface area contributed by atoms with Gasteiger partial charge in [-0.2, -0.15) is 0 Å². The predicted octanol–water partition coefficient (Wildman–Crippen LogP) is 4.59. The number of likely N-dealkylation sites (tertiary alicyclic amines) is 1. The van der Waals surface area contributed by atoms with Crippen LogP contribution >= 0.6 is 0 Å². The fraction of sp³-hybridized carbons (Fsp3) is 0.500. The van der Waals surface area contributed by atoms with E-state index in [1.165, 1.54) is 0 Å². The first-order valence-electron chi connectivity index (χ1n) is 14.5. The summed E-state index contributed by atoms with van der Waals surface area (Å²) in [5, 5.41) is 7.47. The van der Waals surface area contributed by atoms with E-state index in [1.807, 2.05) is 52.5 Å². The van der Waals surface area contributed by atoms with E-state index >= 15 is 0 Å². The number of aromatic nitrogens is 2. The van der Waals surface area contributed by atoms with E-state index in [-0.39, 0.29) is 12.1 Å². The van der Waals surface area contributed by atoms with Gasteiger partial charge in [-0.25, -0.2) is 14.6 Å². The minimum atomic E-state index is -0.0789. The molecule has 5 rings (SSSR count). The smallest absolute Gasteiger partial charge is 0.328 e. The maximum atomic E-state index is 13.5. The van der Waals surface area contributed by atoms with Crippen LogP contribution in [-0.4, -0.2) is 101 Å². The van der Waals surface area contributed by atoms with Crippen LogP contribution < -0.4 is 15.5 Å². The molecule has 0 radical (unpaired) electrons. The first kappa shape index (κ1) is 27.8. The molecule has 2 aliphatic heterocycles. The molecule has 2 saturated heterocycles. The number of pyridine rings is 1. The third kappa shape index (κ3) is 6.01. The zero-order valence-corrected chi connectivity index (χ0v) is 24.1. The molecule has 2 aromatic heterocycles. The number of nitrogens with one attached hydrogen (secondary N) is 2. The first-order valence-corrected chi connectivity index (χ1v) is 14.5. The van der Waals surface area contributed by atoms with Gasteiger partial charge in [-0.3, -0.25) is 4.57 Å². The van der Waals surface area contributed by atoms with Crippen LogP contribution in [0.3, 0.4) is 0 Å². The van der Waals surface area contributed by atoms with Crippen molar-refractivity contribution in [1.29, 1.82) is 0 Å². The topological polar surface area (TPSA) is 89.0 Å². The third-order valence-electron chi connectivity index (χ3n) is 7.96. The van der Waals surface area contributed by atoms with Gasteiger partial charge >= 0.3 is 12.1 Å². The third-order valence-corrected chi connectivity index (χ3v) is 7.96. The zero-order chi connectivity index (χ0) is 28.2. The normalized spacial score (nSPS) is 16.9. The number of piperidine rings is 1. The van der Waals surface area contributed by atoms with Crippen LogP contribution in [0.1, 0.15) is 33.6 Å². The minimum Gasteiger partial charge on any atom is -0.380 e. The van der Waals surface area contributed by atoms with Crippen molar-refractivity contribution in [2.45, 2.75) is 45.7 Å². The Morgan fingerprint density at radius 2 is 1.77 bits per heavy atom. The van der Waals surface area contributed by atoms with E-state index in [2.05, 4.69) is 54.3 Å². The molecule has 0 atom stereocenters. The van der Waals surface area contributed by atoms with Gasteiger partial charge in [0.15, 0.2) is 5.82 Å². The van der Waals surface area contributed by atoms with Crippen molar-refractivity contribution < 1.29 is 9.59 Å². The molecular weight excluding hydrogens is 504 g/mol. The van der Waals surface area contributed by atoms with Gasteiger partial charge in [-0.05, 0) is 77.1 Å². The summed E-state index contributed by atoms with van der Waals surface area (Å²) in [6.07, 6.45) is 5.46. The summed E-state index contributed by atoms with van der Waals surface area (Å²) in [6, 6.07) is 12.3. The van der Waals surface area contributed by atoms with Crippen molar-refractivity contribution in [2.24, 2.45) is 0 Å². The Bertz CT molecular complexity index is 1320. The monoisotopic (exact) mass is 546 g/mol. The summed E-state index contributed by atoms with van der Waals surface area (Å²) in [5.74, 6) is 0.982. The number of carbonyl (C=O) groups is 2. The number of carbonyl (C=O) groups excluding carboxylic acids is 2. The fourth-order valence-corrected chi connectivity index (χ4v) is 5.75. The largest absolute Gasteiger partial charge is 0.380 e. The van der Waals surface area contributed by atoms with E-state index in [0.29, 0.717) is 25.2 Å². The Hall–Kier alpha value is -3.79. The summed E-state index contributed by atoms with van der Waals surface area (Å²) in [5.41, 5.74) is 2.64. The summed E-state index contributed by atoms with van der Waals surface area (Å²) >= 11 is 0. The van der Waals surface area contributed by atoms with Gasteiger partial charge in [0.05, 0.1) is 11.2 Å². The minimum absolute atomic E-state index is 0.00859. The molecule has 1 aromatic carbocycles. The molecule has 10 heteroatoms. The molecule has 40 heavy (non-hydrogen) atoms. The molecule has 0 aliphatic carbocycles. The number of hydrogen-bond donors (Lipinski definition) is 2. The van der Waals surface area contributed by atoms with Crippen molar-refractivity contribution in [3.8, 4) is 0 Å². The van der Waals surface area contributed by atoms with Crippen LogP contribution in [-0.2, 0) is 0 Å². The fourth-order valence-electron chi connectivity index (χ4n) is 5.75. The average Bonchev–Trinajstić information content (AvgIpc) is 3.37. The van der Waals surface area contributed by atoms with Gasteiger partial charge < -0.3 is 30.2 Å². The standard InChI is InChI=1S/C30H42N8O2/c1-5-37(28-26(32-22(2)3)7-6-13-31-28)25-11-14-36(15-12-25)30(40)38-16-10-23-21-24(8-9-27(23)38)33-29(39)35-19-17-34(4)18-20-35/h6-10,13,16,21-22,25,32H,5,11-12,14-15,17-20H2,1-4H3,(H,33,39). The van der Waals surface area contributed by atoms with Crippen molar-refractivity contribution in [3.05, 3.63) is 48.8 Å². The number of piperazine rings is 1. The highest BCUT2D eigenvalue weighted by Gasteiger charge is 2.29. The molecule has 0 unspecified atom stereocenters. The average molecular weight is 547 g/mol. The number of amides is 3. The Kier molecular flexibility index (Phi) is 8.44. The molecule has 214 valence electrons. The molecule has 2 fully saturated rings. The van der Waals surface area contributed by atoms with E-state index in [0.717, 1.165) is 73.7 Å². The molecule has 2 N–H and O–H groups in total. The second-order valence-corrected chi connectivity index (χ2v) is 11.1. The van der Waals surface area contributed by atoms with Crippen molar-refractivity contribution in [3.63, 3.8) is 0 Å². The first-order chi connectivity index (χ1) is 19.3. The van der Waals surface area contributed by atoms with Crippen LogP contribution in [0.5, 0.6) is 0 Å². The Labute approximate surface area is 236 Å². The highest BCUT2D eigenvalue weighted by Crippen LogP contribution is 2.29. The Morgan fingerprint density at radius 1 is 1.02 bits per heavy atom. The number of likely N-dealkylation sites (N-methyl/N-ethyl adjacent to an activating group) is 1. The van der Waals surface area contributed by atoms with E-state index < -0.39 is 0 Å². The van der Waals surface area contributed by atoms with Gasteiger partial charge in [0.25, 0.3) is 0 Å². The number of fused-ring (bicyclic) bond motifs is 1. The molecule has 3 aromatic rings. The second kappa shape index (κ2) is 12.2. The van der Waals surface area contributed by atoms with Crippen LogP contribution in [0.25, 0.3) is 10.9 Å². The predicted molar refractivity (Wildman–Crippen MR) is 161 cm³/mol. The van der Waals surface area contributed by atoms with Crippen LogP contribution in [0, 0.1) is 0 Å². The van der Waals surface area contributed by atoms with E-state index in [1.54, 1.807) is 4.57 Å². The number of urea groups is 1. The van der Waals surface area contributed by atoms with Gasteiger partial charge in [0.1, 0.15) is 0 Å². The lowest BCUT2D eigenvalue weighted by Gasteiger charge is -2.39. The molecule has 3 amide bonds. The summed E-state index contributed by atoms with van der Waals surface area (Å²) in [6.45, 7) is 11.9. The quantitative estimate of drug-likeness (QED) is 0.470. The maximum Gasteiger partial charge on any atom is 0.328 e. The second-order valence-electron chi connectivity index (χ2n) is 11.1. The molecule has 2 aliphatic rings. The summed E-state index contributed by atoms with van der Waals surface area (Å²) in [7, 11) is 2.07. The number of benzene rings is 1. The number of hydrogen-bond acceptors (Lipinski definition) is 6. The molecule has 0 spiro atoms. The molecule has 0 saturated carbocycles. The lowest BCUT2D eigenvalue weighted by atomic mass is 10.0. The van der Waals surface area contributed by atoms with Gasteiger partial charge in [-0.1, -0.05) is 0 Å². The van der Waals surface area contributed by atoms with Crippen molar-refractivity contribution in [1.82, 2.24) is 24.3 Å². The van der Waals surface area contributed by atoms with E-state index in [4.69, 9.17) is 4.98 Å². The van der Waals surface area contributed by atoms with Gasteiger partial charge in [0.2, 0.25) is 0 Å². The molecule has 4 heterocycles. The number of anilines is 3. The molecular formula is C30H42N8O2. The van der Waals surface area contributed by atoms with Crippen molar-refractivity contribution in [2.75, 3.05) is 68.4 Å². The van der Waals surface area contributed by atoms with Crippen LogP contribution in [0.15, 0.2) is 48.8 Å².